The van der Waals surface area contributed by atoms with Gasteiger partial charge < -0.3 is 9.47 Å². The second kappa shape index (κ2) is 6.87. The molecule has 2 rings (SSSR count). The number of ether oxygens (including phenoxy) is 2. The van der Waals surface area contributed by atoms with E-state index in [1.807, 2.05) is 33.7 Å². The van der Waals surface area contributed by atoms with E-state index in [1.54, 1.807) is 0 Å². The predicted octanol–water partition coefficient (Wildman–Crippen LogP) is 3.57. The Morgan fingerprint density at radius 3 is 2.53 bits per heavy atom. The molecule has 1 heterocycles. The van der Waals surface area contributed by atoms with E-state index in [9.17, 15) is 0 Å². The van der Waals surface area contributed by atoms with Crippen LogP contribution >= 0.6 is 21.6 Å². The van der Waals surface area contributed by atoms with Gasteiger partial charge in [0.05, 0.1) is 13.2 Å². The maximum atomic E-state index is 5.76. The van der Waals surface area contributed by atoms with Gasteiger partial charge in [0.2, 0.25) is 0 Å². The third kappa shape index (κ3) is 3.89. The van der Waals surface area contributed by atoms with E-state index in [1.165, 1.54) is 5.56 Å². The van der Waals surface area contributed by atoms with Gasteiger partial charge in [-0.1, -0.05) is 33.7 Å². The van der Waals surface area contributed by atoms with Crippen molar-refractivity contribution < 1.29 is 9.47 Å². The number of benzene rings is 1. The molecule has 0 saturated heterocycles. The van der Waals surface area contributed by atoms with Crippen molar-refractivity contribution in [2.45, 2.75) is 6.42 Å². The molecule has 1 aromatic rings. The fourth-order valence-electron chi connectivity index (χ4n) is 1.57. The first-order valence-corrected chi connectivity index (χ1v) is 8.13. The van der Waals surface area contributed by atoms with E-state index >= 15 is 0 Å². The molecular weight excluding hydrogens is 252 g/mol. The van der Waals surface area contributed by atoms with E-state index in [2.05, 4.69) is 18.7 Å². The molecular formula is C13H16O2S2. The van der Waals surface area contributed by atoms with Crippen LogP contribution in [0.2, 0.25) is 0 Å². The third-order valence-electron chi connectivity index (χ3n) is 2.32. The lowest BCUT2D eigenvalue weighted by Gasteiger charge is -2.15. The number of hydrogen-bond donors (Lipinski definition) is 0. The molecule has 0 fully saturated rings. The normalized spacial score (nSPS) is 16.2. The van der Waals surface area contributed by atoms with Gasteiger partial charge in [-0.25, -0.2) is 0 Å². The Balaban J connectivity index is 2.15. The molecule has 0 atom stereocenters. The lowest BCUT2D eigenvalue weighted by Crippen LogP contribution is -2.07. The van der Waals surface area contributed by atoms with Crippen LogP contribution in [0.4, 0.5) is 0 Å². The largest absolute Gasteiger partial charge is 0.489 e. The molecule has 0 spiro atoms. The quantitative estimate of drug-likeness (QED) is 0.602. The van der Waals surface area contributed by atoms with E-state index in [-0.39, 0.29) is 0 Å². The highest BCUT2D eigenvalue weighted by atomic mass is 33.1. The Labute approximate surface area is 110 Å². The van der Waals surface area contributed by atoms with Crippen molar-refractivity contribution in [1.82, 2.24) is 0 Å². The predicted molar refractivity (Wildman–Crippen MR) is 76.2 cm³/mol. The number of allylic oxidation sites excluding steroid dienone is 1. The molecule has 0 aromatic heterocycles. The number of hydrogen-bond acceptors (Lipinski definition) is 4. The van der Waals surface area contributed by atoms with Crippen LogP contribution in [0.15, 0.2) is 30.9 Å². The summed E-state index contributed by atoms with van der Waals surface area (Å²) in [6.45, 7) is 5.21. The summed E-state index contributed by atoms with van der Waals surface area (Å²) in [5.74, 6) is 3.73. The average Bonchev–Trinajstić information content (AvgIpc) is 2.36. The van der Waals surface area contributed by atoms with Gasteiger partial charge in [0.15, 0.2) is 11.5 Å². The summed E-state index contributed by atoms with van der Waals surface area (Å²) in [6.07, 6.45) is 2.76. The fraction of sp³-hybridized carbons (Fsp3) is 0.385. The molecule has 17 heavy (non-hydrogen) atoms. The van der Waals surface area contributed by atoms with Crippen molar-refractivity contribution in [3.8, 4) is 11.5 Å². The minimum atomic E-state index is 0.728. The minimum absolute atomic E-state index is 0.728. The molecule has 92 valence electrons. The summed E-state index contributed by atoms with van der Waals surface area (Å²) in [5.41, 5.74) is 1.21. The molecule has 4 heteroatoms. The summed E-state index contributed by atoms with van der Waals surface area (Å²) < 4.78 is 11.5. The summed E-state index contributed by atoms with van der Waals surface area (Å²) >= 11 is 0. The van der Waals surface area contributed by atoms with Crippen LogP contribution in [-0.2, 0) is 6.42 Å². The van der Waals surface area contributed by atoms with Crippen LogP contribution in [-0.4, -0.2) is 24.7 Å². The van der Waals surface area contributed by atoms with Crippen LogP contribution in [0.1, 0.15) is 5.56 Å². The molecule has 0 amide bonds. The van der Waals surface area contributed by atoms with Crippen molar-refractivity contribution >= 4 is 21.6 Å². The highest BCUT2D eigenvalue weighted by Crippen LogP contribution is 2.31. The highest BCUT2D eigenvalue weighted by Gasteiger charge is 2.08. The second-order valence-corrected chi connectivity index (χ2v) is 6.32. The van der Waals surface area contributed by atoms with Gasteiger partial charge in [-0.05, 0) is 24.1 Å². The number of fused-ring (bicyclic) bond motifs is 1. The van der Waals surface area contributed by atoms with Gasteiger partial charge in [-0.15, -0.1) is 6.58 Å². The molecule has 2 nitrogen and oxygen atoms in total. The molecule has 0 bridgehead atoms. The van der Waals surface area contributed by atoms with Crippen molar-refractivity contribution in [2.75, 3.05) is 24.7 Å². The van der Waals surface area contributed by atoms with Crippen LogP contribution < -0.4 is 9.47 Å². The van der Waals surface area contributed by atoms with Crippen LogP contribution in [0, 0.1) is 0 Å². The van der Waals surface area contributed by atoms with Gasteiger partial charge in [-0.3, -0.25) is 0 Å². The topological polar surface area (TPSA) is 18.5 Å². The smallest absolute Gasteiger partial charge is 0.161 e. The van der Waals surface area contributed by atoms with Crippen molar-refractivity contribution in [2.24, 2.45) is 0 Å². The van der Waals surface area contributed by atoms with E-state index < -0.39 is 0 Å². The zero-order valence-electron chi connectivity index (χ0n) is 9.69. The zero-order chi connectivity index (χ0) is 11.9. The SMILES string of the molecule is C=CCc1ccc2c(c1)OCCSSCCO2. The maximum Gasteiger partial charge on any atom is 0.161 e. The maximum absolute atomic E-state index is 5.76. The summed E-state index contributed by atoms with van der Waals surface area (Å²) in [4.78, 5) is 0. The van der Waals surface area contributed by atoms with Crippen molar-refractivity contribution in [3.05, 3.63) is 36.4 Å². The van der Waals surface area contributed by atoms with E-state index in [4.69, 9.17) is 9.47 Å². The molecule has 0 aliphatic carbocycles. The van der Waals surface area contributed by atoms with Crippen molar-refractivity contribution in [1.29, 1.82) is 0 Å². The second-order valence-electron chi connectivity index (χ2n) is 3.61. The van der Waals surface area contributed by atoms with Gasteiger partial charge in [0.25, 0.3) is 0 Å². The monoisotopic (exact) mass is 268 g/mol. The first kappa shape index (κ1) is 12.7. The first-order chi connectivity index (χ1) is 8.40. The summed E-state index contributed by atoms with van der Waals surface area (Å²) in [7, 11) is 3.67. The standard InChI is InChI=1S/C13H16O2S2/c1-2-3-11-4-5-12-13(10-11)15-7-9-17-16-8-6-14-12/h2,4-5,10H,1,3,6-9H2. The van der Waals surface area contributed by atoms with Gasteiger partial charge >= 0.3 is 0 Å². The lowest BCUT2D eigenvalue weighted by molar-refractivity contribution is 0.290. The Morgan fingerprint density at radius 2 is 1.82 bits per heavy atom. The molecule has 1 aliphatic rings. The Kier molecular flexibility index (Phi) is 5.13. The van der Waals surface area contributed by atoms with Crippen LogP contribution in [0.25, 0.3) is 0 Å². The average molecular weight is 268 g/mol. The van der Waals surface area contributed by atoms with Gasteiger partial charge in [-0.2, -0.15) is 0 Å². The van der Waals surface area contributed by atoms with Crippen LogP contribution in [0.5, 0.6) is 11.5 Å². The molecule has 1 aliphatic heterocycles. The van der Waals surface area contributed by atoms with Crippen molar-refractivity contribution in [3.63, 3.8) is 0 Å². The Hall–Kier alpha value is -0.740. The molecule has 0 N–H and O–H groups in total. The summed E-state index contributed by atoms with van der Waals surface area (Å²) in [6, 6.07) is 6.11. The van der Waals surface area contributed by atoms with E-state index in [0.717, 1.165) is 42.6 Å². The third-order valence-corrected chi connectivity index (χ3v) is 4.65. The molecule has 0 saturated carbocycles. The zero-order valence-corrected chi connectivity index (χ0v) is 11.3. The summed E-state index contributed by atoms with van der Waals surface area (Å²) in [5, 5.41) is 0. The molecule has 1 aromatic carbocycles. The molecule has 0 unspecified atom stereocenters. The Bertz CT molecular complexity index is 380. The first-order valence-electron chi connectivity index (χ1n) is 5.64. The molecule has 0 radical (unpaired) electrons. The fourth-order valence-corrected chi connectivity index (χ4v) is 3.22. The van der Waals surface area contributed by atoms with Gasteiger partial charge in [0, 0.05) is 11.5 Å². The highest BCUT2D eigenvalue weighted by molar-refractivity contribution is 8.76. The van der Waals surface area contributed by atoms with Crippen LogP contribution in [0.3, 0.4) is 0 Å². The Morgan fingerprint density at radius 1 is 1.12 bits per heavy atom. The minimum Gasteiger partial charge on any atom is -0.489 e. The lowest BCUT2D eigenvalue weighted by atomic mass is 10.1. The van der Waals surface area contributed by atoms with Gasteiger partial charge in [0.1, 0.15) is 0 Å². The number of rotatable bonds is 2. The van der Waals surface area contributed by atoms with E-state index in [0.29, 0.717) is 0 Å².